The molecule has 2 aromatic rings. The van der Waals surface area contributed by atoms with Crippen molar-refractivity contribution in [3.8, 4) is 0 Å². The molecule has 0 saturated heterocycles. The predicted molar refractivity (Wildman–Crippen MR) is 89.9 cm³/mol. The van der Waals surface area contributed by atoms with E-state index in [2.05, 4.69) is 28.3 Å². The summed E-state index contributed by atoms with van der Waals surface area (Å²) < 4.78 is 0. The van der Waals surface area contributed by atoms with Crippen molar-refractivity contribution in [1.82, 2.24) is 15.3 Å². The Hall–Kier alpha value is -2.22. The number of carboxylic acids is 1. The first-order chi connectivity index (χ1) is 11.0. The van der Waals surface area contributed by atoms with Crippen LogP contribution in [0.5, 0.6) is 0 Å². The van der Waals surface area contributed by atoms with Crippen LogP contribution in [0.1, 0.15) is 24.6 Å². The first-order valence-corrected chi connectivity index (χ1v) is 8.26. The molecular weight excluding hydrogens is 316 g/mol. The number of anilines is 1. The van der Waals surface area contributed by atoms with Gasteiger partial charge in [0.1, 0.15) is 17.0 Å². The van der Waals surface area contributed by atoms with E-state index in [4.69, 9.17) is 5.11 Å². The van der Waals surface area contributed by atoms with Gasteiger partial charge in [-0.25, -0.2) is 9.97 Å². The number of aliphatic carboxylic acids is 1. The van der Waals surface area contributed by atoms with Crippen LogP contribution in [0.15, 0.2) is 12.4 Å². The number of thiophene rings is 1. The van der Waals surface area contributed by atoms with E-state index in [-0.39, 0.29) is 25.3 Å². The number of fused-ring (bicyclic) bond motifs is 1. The fraction of sp³-hybridized carbons (Fsp3) is 0.467. The molecule has 0 radical (unpaired) electrons. The van der Waals surface area contributed by atoms with E-state index in [9.17, 15) is 9.59 Å². The van der Waals surface area contributed by atoms with Gasteiger partial charge in [0, 0.05) is 31.4 Å². The third-order valence-electron chi connectivity index (χ3n) is 3.40. The minimum absolute atomic E-state index is 0.0667. The van der Waals surface area contributed by atoms with Gasteiger partial charge in [0.05, 0.1) is 11.8 Å². The third kappa shape index (κ3) is 4.62. The summed E-state index contributed by atoms with van der Waals surface area (Å²) >= 11 is 1.65. The van der Waals surface area contributed by atoms with Crippen molar-refractivity contribution in [3.63, 3.8) is 0 Å². The highest BCUT2D eigenvalue weighted by molar-refractivity contribution is 7.18. The zero-order valence-corrected chi connectivity index (χ0v) is 14.0. The number of nitrogens with one attached hydrogen (secondary N) is 1. The molecule has 0 fully saturated rings. The van der Waals surface area contributed by atoms with Crippen molar-refractivity contribution in [2.75, 3.05) is 25.0 Å². The Labute approximate surface area is 138 Å². The number of carbonyl (C=O) groups is 2. The van der Waals surface area contributed by atoms with E-state index >= 15 is 0 Å². The molecule has 8 heteroatoms. The van der Waals surface area contributed by atoms with Gasteiger partial charge in [0.25, 0.3) is 0 Å². The number of amides is 1. The van der Waals surface area contributed by atoms with Gasteiger partial charge in [-0.1, -0.05) is 6.92 Å². The Morgan fingerprint density at radius 3 is 2.83 bits per heavy atom. The van der Waals surface area contributed by atoms with Crippen molar-refractivity contribution in [1.29, 1.82) is 0 Å². The normalized spacial score (nSPS) is 10.7. The fourth-order valence-electron chi connectivity index (χ4n) is 2.14. The lowest BCUT2D eigenvalue weighted by Crippen LogP contribution is -2.30. The van der Waals surface area contributed by atoms with E-state index in [0.717, 1.165) is 22.5 Å². The Balaban J connectivity index is 1.95. The summed E-state index contributed by atoms with van der Waals surface area (Å²) in [5.74, 6) is -0.276. The molecule has 0 aliphatic rings. The zero-order chi connectivity index (χ0) is 16.8. The van der Waals surface area contributed by atoms with Gasteiger partial charge in [-0.05, 0) is 12.5 Å². The molecule has 2 aromatic heterocycles. The lowest BCUT2D eigenvalue weighted by molar-refractivity contribution is -0.136. The van der Waals surface area contributed by atoms with Gasteiger partial charge in [-0.3, -0.25) is 9.59 Å². The number of hydrogen-bond acceptors (Lipinski definition) is 6. The molecule has 0 aliphatic heterocycles. The van der Waals surface area contributed by atoms with E-state index in [1.807, 2.05) is 11.9 Å². The summed E-state index contributed by atoms with van der Waals surface area (Å²) in [6.45, 7) is 2.76. The maximum Gasteiger partial charge on any atom is 0.305 e. The summed E-state index contributed by atoms with van der Waals surface area (Å²) in [7, 11) is 1.88. The fourth-order valence-corrected chi connectivity index (χ4v) is 3.07. The average molecular weight is 336 g/mol. The van der Waals surface area contributed by atoms with Gasteiger partial charge in [-0.2, -0.15) is 0 Å². The number of carbonyl (C=O) groups excluding carboxylic acids is 1. The molecule has 0 bridgehead atoms. The summed E-state index contributed by atoms with van der Waals surface area (Å²) in [6.07, 6.45) is 2.71. The molecule has 7 nitrogen and oxygen atoms in total. The lowest BCUT2D eigenvalue weighted by atomic mass is 10.3. The molecule has 0 atom stereocenters. The Bertz CT molecular complexity index is 701. The van der Waals surface area contributed by atoms with Gasteiger partial charge in [-0.15, -0.1) is 11.3 Å². The van der Waals surface area contributed by atoms with Gasteiger partial charge >= 0.3 is 5.97 Å². The molecule has 2 N–H and O–H groups in total. The van der Waals surface area contributed by atoms with Crippen molar-refractivity contribution in [3.05, 3.63) is 17.3 Å². The average Bonchev–Trinajstić information content (AvgIpc) is 2.95. The first kappa shape index (κ1) is 17.1. The summed E-state index contributed by atoms with van der Waals surface area (Å²) in [5.41, 5.74) is 0. The predicted octanol–water partition coefficient (Wildman–Crippen LogP) is 1.67. The molecule has 2 rings (SSSR count). The smallest absolute Gasteiger partial charge is 0.305 e. The number of aryl methyl sites for hydroxylation is 1. The van der Waals surface area contributed by atoms with Crippen LogP contribution in [0.3, 0.4) is 0 Å². The zero-order valence-electron chi connectivity index (χ0n) is 13.2. The van der Waals surface area contributed by atoms with Crippen LogP contribution >= 0.6 is 11.3 Å². The van der Waals surface area contributed by atoms with E-state index in [1.54, 1.807) is 11.3 Å². The minimum atomic E-state index is -0.921. The number of rotatable bonds is 8. The van der Waals surface area contributed by atoms with Crippen molar-refractivity contribution in [2.45, 2.75) is 26.2 Å². The summed E-state index contributed by atoms with van der Waals surface area (Å²) in [6, 6.07) is 2.10. The second-order valence-corrected chi connectivity index (χ2v) is 6.26. The van der Waals surface area contributed by atoms with Gasteiger partial charge in [0.2, 0.25) is 5.91 Å². The van der Waals surface area contributed by atoms with Crippen LogP contribution in [-0.4, -0.2) is 47.1 Å². The molecule has 1 amide bonds. The molecule has 0 aliphatic carbocycles. The third-order valence-corrected chi connectivity index (χ3v) is 4.59. The largest absolute Gasteiger partial charge is 0.481 e. The second kappa shape index (κ2) is 7.87. The standard InChI is InChI=1S/C15H20N4O3S/c1-3-10-8-11-14(17-9-18-15(11)23-10)19(2)7-5-12(20)16-6-4-13(21)22/h8-9H,3-7H2,1-2H3,(H,16,20)(H,21,22). The van der Waals surface area contributed by atoms with E-state index in [0.29, 0.717) is 6.54 Å². The first-order valence-electron chi connectivity index (χ1n) is 7.44. The topological polar surface area (TPSA) is 95.4 Å². The highest BCUT2D eigenvalue weighted by Gasteiger charge is 2.13. The van der Waals surface area contributed by atoms with Crippen molar-refractivity contribution >= 4 is 39.2 Å². The Morgan fingerprint density at radius 1 is 1.35 bits per heavy atom. The van der Waals surface area contributed by atoms with Gasteiger partial charge < -0.3 is 15.3 Å². The van der Waals surface area contributed by atoms with E-state index < -0.39 is 5.97 Å². The highest BCUT2D eigenvalue weighted by atomic mass is 32.1. The van der Waals surface area contributed by atoms with Crippen LogP contribution in [-0.2, 0) is 16.0 Å². The summed E-state index contributed by atoms with van der Waals surface area (Å²) in [5, 5.41) is 12.1. The maximum atomic E-state index is 11.7. The monoisotopic (exact) mass is 336 g/mol. The minimum Gasteiger partial charge on any atom is -0.481 e. The molecule has 23 heavy (non-hydrogen) atoms. The summed E-state index contributed by atoms with van der Waals surface area (Å²) in [4.78, 5) is 34.9. The molecule has 124 valence electrons. The van der Waals surface area contributed by atoms with Crippen LogP contribution < -0.4 is 10.2 Å². The van der Waals surface area contributed by atoms with Crippen LogP contribution in [0.2, 0.25) is 0 Å². The van der Waals surface area contributed by atoms with Crippen LogP contribution in [0.4, 0.5) is 5.82 Å². The maximum absolute atomic E-state index is 11.7. The van der Waals surface area contributed by atoms with Crippen LogP contribution in [0.25, 0.3) is 10.2 Å². The van der Waals surface area contributed by atoms with Crippen molar-refractivity contribution in [2.24, 2.45) is 0 Å². The SMILES string of the molecule is CCc1cc2c(N(C)CCC(=O)NCCC(=O)O)ncnc2s1. The molecule has 0 spiro atoms. The second-order valence-electron chi connectivity index (χ2n) is 5.15. The molecular formula is C15H20N4O3S. The molecule has 0 unspecified atom stereocenters. The highest BCUT2D eigenvalue weighted by Crippen LogP contribution is 2.29. The molecule has 0 saturated carbocycles. The quantitative estimate of drug-likeness (QED) is 0.761. The van der Waals surface area contributed by atoms with Crippen molar-refractivity contribution < 1.29 is 14.7 Å². The Kier molecular flexibility index (Phi) is 5.86. The number of hydrogen-bond donors (Lipinski definition) is 2. The van der Waals surface area contributed by atoms with E-state index in [1.165, 1.54) is 11.2 Å². The lowest BCUT2D eigenvalue weighted by Gasteiger charge is -2.18. The number of aromatic nitrogens is 2. The Morgan fingerprint density at radius 2 is 2.13 bits per heavy atom. The number of carboxylic acid groups (broad SMARTS) is 1. The van der Waals surface area contributed by atoms with Gasteiger partial charge in [0.15, 0.2) is 0 Å². The number of nitrogens with zero attached hydrogens (tertiary/aromatic N) is 3. The molecule has 0 aromatic carbocycles. The van der Waals surface area contributed by atoms with Crippen LogP contribution in [0, 0.1) is 0 Å². The molecule has 2 heterocycles.